The molecule has 1 aliphatic heterocycles. The summed E-state index contributed by atoms with van der Waals surface area (Å²) in [6.07, 6.45) is 4.73. The number of hydrogen-bond donors (Lipinski definition) is 2. The maximum atomic E-state index is 12.9. The van der Waals surface area contributed by atoms with Gasteiger partial charge in [0.1, 0.15) is 11.0 Å². The Kier molecular flexibility index (Phi) is 6.88. The summed E-state index contributed by atoms with van der Waals surface area (Å²) < 4.78 is 0. The highest BCUT2D eigenvalue weighted by Crippen LogP contribution is 2.36. The van der Waals surface area contributed by atoms with Crippen molar-refractivity contribution in [3.05, 3.63) is 87.3 Å². The lowest BCUT2D eigenvalue weighted by Crippen LogP contribution is -3.13. The van der Waals surface area contributed by atoms with Crippen molar-refractivity contribution in [1.82, 2.24) is 0 Å². The number of nitrogens with one attached hydrogen (secondary N) is 2. The van der Waals surface area contributed by atoms with Gasteiger partial charge < -0.3 is 10.2 Å². The number of halogens is 1. The highest BCUT2D eigenvalue weighted by Gasteiger charge is 2.31. The monoisotopic (exact) mass is 439 g/mol. The lowest BCUT2D eigenvalue weighted by molar-refractivity contribution is -0.930. The normalized spacial score (nSPS) is 15.7. The Morgan fingerprint density at radius 1 is 1.07 bits per heavy atom. The van der Waals surface area contributed by atoms with Crippen molar-refractivity contribution in [3.8, 4) is 0 Å². The van der Waals surface area contributed by atoms with Gasteiger partial charge in [0.25, 0.3) is 5.91 Å². The molecule has 0 bridgehead atoms. The Bertz CT molecular complexity index is 995. The number of amides is 1. The maximum Gasteiger partial charge on any atom is 0.256 e. The number of likely N-dealkylation sites (tertiary alicyclic amines) is 1. The van der Waals surface area contributed by atoms with Gasteiger partial charge in [-0.3, -0.25) is 4.79 Å². The minimum absolute atomic E-state index is 0.0557. The quantitative estimate of drug-likeness (QED) is 0.531. The van der Waals surface area contributed by atoms with Gasteiger partial charge in [0.2, 0.25) is 0 Å². The van der Waals surface area contributed by atoms with Crippen molar-refractivity contribution < 1.29 is 9.69 Å². The molecule has 156 valence electrons. The van der Waals surface area contributed by atoms with Gasteiger partial charge in [-0.2, -0.15) is 0 Å². The number of carbonyl (C=O) groups is 1. The van der Waals surface area contributed by atoms with Crippen molar-refractivity contribution in [2.24, 2.45) is 0 Å². The average Bonchev–Trinajstić information content (AvgIpc) is 3.18. The SMILES string of the molecule is CCc1cc([C@H](c2cccc(Cl)c2)[NH+]2CCCCC2)c(NC(=O)c2ccccc2)s1. The first kappa shape index (κ1) is 21.1. The summed E-state index contributed by atoms with van der Waals surface area (Å²) in [6.45, 7) is 4.45. The van der Waals surface area contributed by atoms with Gasteiger partial charge in [-0.15, -0.1) is 11.3 Å². The van der Waals surface area contributed by atoms with Crippen LogP contribution in [0.5, 0.6) is 0 Å². The fraction of sp³-hybridized carbons (Fsp3) is 0.320. The predicted octanol–water partition coefficient (Wildman–Crippen LogP) is 5.37. The van der Waals surface area contributed by atoms with Crippen molar-refractivity contribution >= 4 is 33.8 Å². The third kappa shape index (κ3) is 4.77. The minimum Gasteiger partial charge on any atom is -0.325 e. The van der Waals surface area contributed by atoms with E-state index < -0.39 is 0 Å². The topological polar surface area (TPSA) is 33.5 Å². The molecule has 1 amide bonds. The van der Waals surface area contributed by atoms with Gasteiger partial charge in [-0.25, -0.2) is 0 Å². The molecule has 0 saturated carbocycles. The van der Waals surface area contributed by atoms with Crippen LogP contribution in [0.25, 0.3) is 0 Å². The van der Waals surface area contributed by atoms with Crippen LogP contribution in [0.3, 0.4) is 0 Å². The van der Waals surface area contributed by atoms with Crippen LogP contribution >= 0.6 is 22.9 Å². The van der Waals surface area contributed by atoms with Crippen molar-refractivity contribution in [1.29, 1.82) is 0 Å². The lowest BCUT2D eigenvalue weighted by Gasteiger charge is -2.32. The van der Waals surface area contributed by atoms with Crippen LogP contribution < -0.4 is 10.2 Å². The van der Waals surface area contributed by atoms with Crippen LogP contribution in [0.2, 0.25) is 5.02 Å². The molecule has 0 spiro atoms. The molecular weight excluding hydrogens is 412 g/mol. The number of carbonyl (C=O) groups excluding carboxylic acids is 1. The summed E-state index contributed by atoms with van der Waals surface area (Å²) in [5, 5.41) is 4.94. The Balaban J connectivity index is 1.74. The van der Waals surface area contributed by atoms with Crippen LogP contribution in [0.15, 0.2) is 60.7 Å². The van der Waals surface area contributed by atoms with Crippen LogP contribution in [-0.4, -0.2) is 19.0 Å². The zero-order valence-corrected chi connectivity index (χ0v) is 18.9. The zero-order valence-electron chi connectivity index (χ0n) is 17.3. The van der Waals surface area contributed by atoms with E-state index in [-0.39, 0.29) is 11.9 Å². The van der Waals surface area contributed by atoms with Gasteiger partial charge in [0.15, 0.2) is 0 Å². The summed E-state index contributed by atoms with van der Waals surface area (Å²) in [6, 6.07) is 20.1. The summed E-state index contributed by atoms with van der Waals surface area (Å²) >= 11 is 8.07. The third-order valence-corrected chi connectivity index (χ3v) is 7.27. The molecule has 1 fully saturated rings. The summed E-state index contributed by atoms with van der Waals surface area (Å²) in [5.74, 6) is -0.0557. The van der Waals surface area contributed by atoms with Crippen molar-refractivity contribution in [3.63, 3.8) is 0 Å². The maximum absolute atomic E-state index is 12.9. The first-order valence-electron chi connectivity index (χ1n) is 10.7. The van der Waals surface area contributed by atoms with E-state index in [1.807, 2.05) is 42.5 Å². The number of thiophene rings is 1. The Labute approximate surface area is 187 Å². The molecule has 1 saturated heterocycles. The summed E-state index contributed by atoms with van der Waals surface area (Å²) in [7, 11) is 0. The van der Waals surface area contributed by atoms with Gasteiger partial charge in [0, 0.05) is 26.6 Å². The van der Waals surface area contributed by atoms with Gasteiger partial charge >= 0.3 is 0 Å². The fourth-order valence-electron chi connectivity index (χ4n) is 4.33. The standard InChI is InChI=1S/C25H27ClN2OS/c1-2-21-17-22(25(30-21)27-24(29)18-10-5-3-6-11-18)23(28-14-7-4-8-15-28)19-12-9-13-20(26)16-19/h3,5-6,9-13,16-17,23H,2,4,7-8,14-15H2,1H3,(H,27,29)/p+1/t23-/m0/s1. The molecule has 3 nitrogen and oxygen atoms in total. The van der Waals surface area contributed by atoms with E-state index in [1.165, 1.54) is 35.3 Å². The van der Waals surface area contributed by atoms with E-state index >= 15 is 0 Å². The molecule has 0 radical (unpaired) electrons. The Morgan fingerprint density at radius 2 is 1.83 bits per heavy atom. The third-order valence-electron chi connectivity index (χ3n) is 5.82. The molecule has 0 unspecified atom stereocenters. The molecule has 4 rings (SSSR count). The number of rotatable bonds is 6. The summed E-state index contributed by atoms with van der Waals surface area (Å²) in [4.78, 5) is 15.8. The largest absolute Gasteiger partial charge is 0.325 e. The zero-order chi connectivity index (χ0) is 20.9. The van der Waals surface area contributed by atoms with E-state index in [9.17, 15) is 4.79 Å². The van der Waals surface area contributed by atoms with E-state index in [1.54, 1.807) is 16.2 Å². The molecule has 3 aromatic rings. The highest BCUT2D eigenvalue weighted by molar-refractivity contribution is 7.16. The number of piperidine rings is 1. The van der Waals surface area contributed by atoms with Crippen molar-refractivity contribution in [2.75, 3.05) is 18.4 Å². The number of aryl methyl sites for hydroxylation is 1. The van der Waals surface area contributed by atoms with Crippen LogP contribution in [0, 0.1) is 0 Å². The van der Waals surface area contributed by atoms with Gasteiger partial charge in [-0.05, 0) is 56.0 Å². The second kappa shape index (κ2) is 9.78. The molecule has 1 atom stereocenters. The molecule has 0 aliphatic carbocycles. The molecule has 5 heteroatoms. The van der Waals surface area contributed by atoms with Gasteiger partial charge in [-0.1, -0.05) is 48.9 Å². The fourth-order valence-corrected chi connectivity index (χ4v) is 5.56. The molecular formula is C25H28ClN2OS+. The average molecular weight is 440 g/mol. The minimum atomic E-state index is -0.0557. The van der Waals surface area contributed by atoms with E-state index in [0.717, 1.165) is 29.5 Å². The second-order valence-corrected chi connectivity index (χ2v) is 9.45. The van der Waals surface area contributed by atoms with Gasteiger partial charge in [0.05, 0.1) is 13.1 Å². The summed E-state index contributed by atoms with van der Waals surface area (Å²) in [5.41, 5.74) is 3.11. The van der Waals surface area contributed by atoms with E-state index in [4.69, 9.17) is 11.6 Å². The molecule has 2 aromatic carbocycles. The lowest BCUT2D eigenvalue weighted by atomic mass is 9.95. The van der Waals surface area contributed by atoms with Crippen molar-refractivity contribution in [2.45, 2.75) is 38.6 Å². The van der Waals surface area contributed by atoms with Crippen LogP contribution in [0.1, 0.15) is 58.6 Å². The number of benzene rings is 2. The first-order valence-corrected chi connectivity index (χ1v) is 11.9. The smallest absolute Gasteiger partial charge is 0.256 e. The highest BCUT2D eigenvalue weighted by atomic mass is 35.5. The molecule has 1 aromatic heterocycles. The number of hydrogen-bond acceptors (Lipinski definition) is 2. The second-order valence-electron chi connectivity index (χ2n) is 7.88. The Morgan fingerprint density at radius 3 is 2.53 bits per heavy atom. The van der Waals surface area contributed by atoms with Crippen LogP contribution in [-0.2, 0) is 6.42 Å². The molecule has 1 aliphatic rings. The van der Waals surface area contributed by atoms with E-state index in [0.29, 0.717) is 5.56 Å². The number of quaternary nitrogens is 1. The molecule has 2 N–H and O–H groups in total. The van der Waals surface area contributed by atoms with Crippen LogP contribution in [0.4, 0.5) is 5.00 Å². The Hall–Kier alpha value is -2.14. The molecule has 2 heterocycles. The predicted molar refractivity (Wildman–Crippen MR) is 126 cm³/mol. The number of anilines is 1. The first-order chi connectivity index (χ1) is 14.7. The molecule has 30 heavy (non-hydrogen) atoms. The van der Waals surface area contributed by atoms with E-state index in [2.05, 4.69) is 30.4 Å².